The molecule has 0 aliphatic rings. The number of halogens is 1. The van der Waals surface area contributed by atoms with Crippen LogP contribution in [0.25, 0.3) is 0 Å². The average Bonchev–Trinajstić information content (AvgIpc) is 2.80. The normalized spacial score (nSPS) is 13.6. The van der Waals surface area contributed by atoms with Gasteiger partial charge in [0.1, 0.15) is 6.20 Å². The molecule has 1 aromatic heterocycles. The molecule has 118 valence electrons. The van der Waals surface area contributed by atoms with Gasteiger partial charge in [0, 0.05) is 19.3 Å². The first-order valence-electron chi connectivity index (χ1n) is 6.64. The van der Waals surface area contributed by atoms with Crippen LogP contribution in [-0.4, -0.2) is 38.8 Å². The first kappa shape index (κ1) is 16.3. The SMILES string of the molecule is CN(C[C@](C)(O)Cn1cc([N+](=O)[O-])nc1Cl)c1ccccc1. The van der Waals surface area contributed by atoms with Crippen molar-refractivity contribution in [2.75, 3.05) is 18.5 Å². The molecular weight excluding hydrogens is 308 g/mol. The molecule has 8 heteroatoms. The minimum absolute atomic E-state index is 0.0191. The van der Waals surface area contributed by atoms with E-state index in [2.05, 4.69) is 4.98 Å². The molecule has 0 amide bonds. The summed E-state index contributed by atoms with van der Waals surface area (Å²) in [6.07, 6.45) is 1.22. The molecule has 1 heterocycles. The van der Waals surface area contributed by atoms with E-state index in [4.69, 9.17) is 11.6 Å². The molecule has 0 radical (unpaired) electrons. The quantitative estimate of drug-likeness (QED) is 0.651. The van der Waals surface area contributed by atoms with Crippen molar-refractivity contribution in [3.05, 3.63) is 51.9 Å². The molecule has 0 saturated carbocycles. The molecule has 0 saturated heterocycles. The molecule has 1 atom stereocenters. The highest BCUT2D eigenvalue weighted by Gasteiger charge is 2.27. The number of para-hydroxylation sites is 1. The van der Waals surface area contributed by atoms with Gasteiger partial charge in [-0.2, -0.15) is 0 Å². The summed E-state index contributed by atoms with van der Waals surface area (Å²) in [5, 5.41) is 21.2. The van der Waals surface area contributed by atoms with Crippen LogP contribution < -0.4 is 4.90 Å². The smallest absolute Gasteiger partial charge is 0.383 e. The van der Waals surface area contributed by atoms with Crippen molar-refractivity contribution >= 4 is 23.1 Å². The van der Waals surface area contributed by atoms with Gasteiger partial charge in [0.15, 0.2) is 0 Å². The van der Waals surface area contributed by atoms with Crippen LogP contribution in [0.5, 0.6) is 0 Å². The van der Waals surface area contributed by atoms with Crippen LogP contribution in [-0.2, 0) is 6.54 Å². The van der Waals surface area contributed by atoms with Crippen molar-refractivity contribution in [3.8, 4) is 0 Å². The fourth-order valence-corrected chi connectivity index (χ4v) is 2.48. The van der Waals surface area contributed by atoms with E-state index >= 15 is 0 Å². The summed E-state index contributed by atoms with van der Waals surface area (Å²) < 4.78 is 1.37. The second kappa shape index (κ2) is 6.33. The summed E-state index contributed by atoms with van der Waals surface area (Å²) in [7, 11) is 1.86. The number of nitrogens with zero attached hydrogens (tertiary/aromatic N) is 4. The molecule has 2 rings (SSSR count). The Morgan fingerprint density at radius 1 is 1.45 bits per heavy atom. The lowest BCUT2D eigenvalue weighted by atomic mass is 10.1. The summed E-state index contributed by atoms with van der Waals surface area (Å²) in [4.78, 5) is 15.6. The first-order valence-corrected chi connectivity index (χ1v) is 7.02. The van der Waals surface area contributed by atoms with Gasteiger partial charge in [-0.05, 0) is 40.6 Å². The fraction of sp³-hybridized carbons (Fsp3) is 0.357. The molecule has 0 fully saturated rings. The zero-order valence-corrected chi connectivity index (χ0v) is 13.1. The number of hydrogen-bond donors (Lipinski definition) is 1. The van der Waals surface area contributed by atoms with Crippen LogP contribution in [0.4, 0.5) is 11.5 Å². The minimum Gasteiger partial charge on any atom is -0.386 e. The van der Waals surface area contributed by atoms with E-state index in [9.17, 15) is 15.2 Å². The monoisotopic (exact) mass is 324 g/mol. The van der Waals surface area contributed by atoms with Crippen molar-refractivity contribution < 1.29 is 10.0 Å². The Kier molecular flexibility index (Phi) is 4.68. The van der Waals surface area contributed by atoms with E-state index in [1.165, 1.54) is 10.8 Å². The number of nitro groups is 1. The van der Waals surface area contributed by atoms with Gasteiger partial charge in [0.05, 0.1) is 12.1 Å². The van der Waals surface area contributed by atoms with E-state index in [0.29, 0.717) is 6.54 Å². The molecule has 0 unspecified atom stereocenters. The van der Waals surface area contributed by atoms with Crippen molar-refractivity contribution in [2.45, 2.75) is 19.1 Å². The number of aromatic nitrogens is 2. The zero-order chi connectivity index (χ0) is 16.3. The molecule has 0 bridgehead atoms. The number of hydrogen-bond acceptors (Lipinski definition) is 5. The van der Waals surface area contributed by atoms with Gasteiger partial charge in [-0.3, -0.25) is 4.57 Å². The third-order valence-electron chi connectivity index (χ3n) is 3.19. The third-order valence-corrected chi connectivity index (χ3v) is 3.49. The number of benzene rings is 1. The summed E-state index contributed by atoms with van der Waals surface area (Å²) in [6.45, 7) is 2.08. The maximum Gasteiger partial charge on any atom is 0.383 e. The van der Waals surface area contributed by atoms with Crippen molar-refractivity contribution in [2.24, 2.45) is 0 Å². The Labute approximate surface area is 132 Å². The lowest BCUT2D eigenvalue weighted by molar-refractivity contribution is -0.389. The molecular formula is C14H17ClN4O3. The van der Waals surface area contributed by atoms with E-state index in [-0.39, 0.29) is 17.6 Å². The van der Waals surface area contributed by atoms with Crippen molar-refractivity contribution in [1.82, 2.24) is 9.55 Å². The average molecular weight is 325 g/mol. The highest BCUT2D eigenvalue weighted by atomic mass is 35.5. The Morgan fingerprint density at radius 2 is 2.09 bits per heavy atom. The Balaban J connectivity index is 2.09. The standard InChI is InChI=1S/C14H17ClN4O3/c1-14(20,9-17(2)11-6-4-3-5-7-11)10-18-8-12(19(21)22)16-13(18)15/h3-8,20H,9-10H2,1-2H3/t14-/m0/s1. The lowest BCUT2D eigenvalue weighted by Crippen LogP contribution is -2.42. The van der Waals surface area contributed by atoms with Gasteiger partial charge < -0.3 is 20.1 Å². The Bertz CT molecular complexity index is 657. The molecule has 7 nitrogen and oxygen atoms in total. The van der Waals surface area contributed by atoms with E-state index in [1.807, 2.05) is 42.3 Å². The number of aliphatic hydroxyl groups is 1. The van der Waals surface area contributed by atoms with E-state index < -0.39 is 10.5 Å². The second-order valence-electron chi connectivity index (χ2n) is 5.44. The van der Waals surface area contributed by atoms with E-state index in [0.717, 1.165) is 5.69 Å². The summed E-state index contributed by atoms with van der Waals surface area (Å²) >= 11 is 5.87. The fourth-order valence-electron chi connectivity index (χ4n) is 2.28. The van der Waals surface area contributed by atoms with E-state index in [1.54, 1.807) is 6.92 Å². The minimum atomic E-state index is -1.14. The van der Waals surface area contributed by atoms with Crippen LogP contribution in [0.2, 0.25) is 5.28 Å². The molecule has 0 spiro atoms. The maximum atomic E-state index is 10.7. The Morgan fingerprint density at radius 3 is 2.64 bits per heavy atom. The van der Waals surface area contributed by atoms with Gasteiger partial charge in [0.25, 0.3) is 0 Å². The van der Waals surface area contributed by atoms with Gasteiger partial charge in [-0.15, -0.1) is 0 Å². The van der Waals surface area contributed by atoms with Crippen molar-refractivity contribution in [3.63, 3.8) is 0 Å². The van der Waals surface area contributed by atoms with Crippen LogP contribution in [0.1, 0.15) is 6.92 Å². The molecule has 0 aliphatic heterocycles. The van der Waals surface area contributed by atoms with Gasteiger partial charge >= 0.3 is 11.1 Å². The van der Waals surface area contributed by atoms with Gasteiger partial charge in [-0.1, -0.05) is 18.2 Å². The summed E-state index contributed by atoms with van der Waals surface area (Å²) in [6, 6.07) is 9.61. The Hall–Kier alpha value is -2.12. The highest BCUT2D eigenvalue weighted by Crippen LogP contribution is 2.21. The molecule has 0 aliphatic carbocycles. The molecule has 2 aromatic rings. The zero-order valence-electron chi connectivity index (χ0n) is 12.3. The third kappa shape index (κ3) is 3.96. The molecule has 22 heavy (non-hydrogen) atoms. The number of rotatable bonds is 6. The van der Waals surface area contributed by atoms with Gasteiger partial charge in [-0.25, -0.2) is 0 Å². The van der Waals surface area contributed by atoms with Crippen LogP contribution >= 0.6 is 11.6 Å². The van der Waals surface area contributed by atoms with Gasteiger partial charge in [0.2, 0.25) is 0 Å². The van der Waals surface area contributed by atoms with Crippen LogP contribution in [0, 0.1) is 10.1 Å². The highest BCUT2D eigenvalue weighted by molar-refractivity contribution is 6.28. The first-order chi connectivity index (χ1) is 10.3. The van der Waals surface area contributed by atoms with Crippen LogP contribution in [0.15, 0.2) is 36.5 Å². The number of anilines is 1. The number of likely N-dealkylation sites (N-methyl/N-ethyl adjacent to an activating group) is 1. The molecule has 1 aromatic carbocycles. The lowest BCUT2D eigenvalue weighted by Gasteiger charge is -2.30. The predicted octanol–water partition coefficient (Wildman–Crippen LogP) is 2.33. The maximum absolute atomic E-state index is 10.7. The largest absolute Gasteiger partial charge is 0.386 e. The predicted molar refractivity (Wildman–Crippen MR) is 84.2 cm³/mol. The second-order valence-corrected chi connectivity index (χ2v) is 5.78. The summed E-state index contributed by atoms with van der Waals surface area (Å²) in [5.41, 5.74) is -0.173. The topological polar surface area (TPSA) is 84.4 Å². The van der Waals surface area contributed by atoms with Crippen molar-refractivity contribution in [1.29, 1.82) is 0 Å². The summed E-state index contributed by atoms with van der Waals surface area (Å²) in [5.74, 6) is -0.336. The number of imidazole rings is 1. The van der Waals surface area contributed by atoms with Crippen LogP contribution in [0.3, 0.4) is 0 Å². The molecule has 1 N–H and O–H groups in total.